The molecule has 17 heavy (non-hydrogen) atoms. The third kappa shape index (κ3) is 2.63. The lowest BCUT2D eigenvalue weighted by Crippen LogP contribution is -2.14. The van der Waals surface area contributed by atoms with Crippen LogP contribution in [-0.2, 0) is 16.6 Å². The van der Waals surface area contributed by atoms with Crippen molar-refractivity contribution in [2.75, 3.05) is 4.72 Å². The molecule has 7 heteroatoms. The molecule has 0 radical (unpaired) electrons. The lowest BCUT2D eigenvalue weighted by Gasteiger charge is -2.08. The van der Waals surface area contributed by atoms with Crippen LogP contribution in [0.15, 0.2) is 40.7 Å². The number of hydrogen-bond donors (Lipinski definition) is 2. The second kappa shape index (κ2) is 4.82. The Morgan fingerprint density at radius 3 is 2.76 bits per heavy atom. The van der Waals surface area contributed by atoms with Gasteiger partial charge in [-0.3, -0.25) is 4.72 Å². The topological polar surface area (TPSA) is 79.3 Å². The summed E-state index contributed by atoms with van der Waals surface area (Å²) in [6.07, 6.45) is 1.51. The quantitative estimate of drug-likeness (QED) is 0.881. The molecule has 5 nitrogen and oxygen atoms in total. The largest absolute Gasteiger partial charge is 0.392 e. The number of nitrogens with one attached hydrogen (secondary N) is 1. The van der Waals surface area contributed by atoms with Crippen LogP contribution in [0, 0.1) is 0 Å². The first-order chi connectivity index (χ1) is 8.13. The maximum atomic E-state index is 12.0. The van der Waals surface area contributed by atoms with E-state index in [2.05, 4.69) is 9.71 Å². The van der Waals surface area contributed by atoms with E-state index in [1.807, 2.05) is 0 Å². The summed E-state index contributed by atoms with van der Waals surface area (Å²) in [6, 6.07) is 6.29. The summed E-state index contributed by atoms with van der Waals surface area (Å²) in [5.41, 5.74) is 0.358. The molecule has 0 bridgehead atoms. The molecule has 2 rings (SSSR count). The normalized spacial score (nSPS) is 11.4. The third-order valence-corrected chi connectivity index (χ3v) is 4.34. The molecule has 0 aliphatic heterocycles. The van der Waals surface area contributed by atoms with Crippen molar-refractivity contribution in [1.29, 1.82) is 0 Å². The summed E-state index contributed by atoms with van der Waals surface area (Å²) < 4.78 is 26.4. The van der Waals surface area contributed by atoms with Gasteiger partial charge in [0.15, 0.2) is 5.13 Å². The summed E-state index contributed by atoms with van der Waals surface area (Å²) in [5.74, 6) is 0. The maximum Gasteiger partial charge on any atom is 0.264 e. The smallest absolute Gasteiger partial charge is 0.264 e. The summed E-state index contributed by atoms with van der Waals surface area (Å²) in [5, 5.41) is 11.1. The fraction of sp³-hybridized carbons (Fsp3) is 0.100. The van der Waals surface area contributed by atoms with Gasteiger partial charge in [-0.05, 0) is 11.6 Å². The Kier molecular flexibility index (Phi) is 3.41. The predicted molar refractivity (Wildman–Crippen MR) is 65.3 cm³/mol. The Balaban J connectivity index is 2.38. The van der Waals surface area contributed by atoms with Crippen molar-refractivity contribution >= 4 is 26.5 Å². The molecule has 2 aromatic rings. The Hall–Kier alpha value is -1.44. The number of aliphatic hydroxyl groups excluding tert-OH is 1. The molecule has 2 N–H and O–H groups in total. The fourth-order valence-corrected chi connectivity index (χ4v) is 3.36. The lowest BCUT2D eigenvalue weighted by molar-refractivity contribution is 0.278. The predicted octanol–water partition coefficient (Wildman–Crippen LogP) is 1.44. The third-order valence-electron chi connectivity index (χ3n) is 2.09. The molecule has 1 aromatic carbocycles. The fourth-order valence-electron chi connectivity index (χ4n) is 1.34. The highest BCUT2D eigenvalue weighted by Crippen LogP contribution is 2.20. The van der Waals surface area contributed by atoms with E-state index in [9.17, 15) is 8.42 Å². The molecular weight excluding hydrogens is 260 g/mol. The highest BCUT2D eigenvalue weighted by molar-refractivity contribution is 7.93. The van der Waals surface area contributed by atoms with Crippen molar-refractivity contribution < 1.29 is 13.5 Å². The van der Waals surface area contributed by atoms with E-state index >= 15 is 0 Å². The molecule has 0 saturated heterocycles. The van der Waals surface area contributed by atoms with Gasteiger partial charge in [-0.25, -0.2) is 13.4 Å². The van der Waals surface area contributed by atoms with Crippen LogP contribution >= 0.6 is 11.3 Å². The number of thiazole rings is 1. The summed E-state index contributed by atoms with van der Waals surface area (Å²) in [4.78, 5) is 3.92. The molecule has 0 saturated carbocycles. The number of sulfonamides is 1. The minimum absolute atomic E-state index is 0.0673. The van der Waals surface area contributed by atoms with Crippen molar-refractivity contribution in [2.45, 2.75) is 11.5 Å². The van der Waals surface area contributed by atoms with Crippen LogP contribution < -0.4 is 4.72 Å². The summed E-state index contributed by atoms with van der Waals surface area (Å²) in [6.45, 7) is -0.324. The van der Waals surface area contributed by atoms with Gasteiger partial charge in [-0.1, -0.05) is 18.2 Å². The number of benzene rings is 1. The summed E-state index contributed by atoms with van der Waals surface area (Å²) >= 11 is 1.19. The number of aromatic nitrogens is 1. The van der Waals surface area contributed by atoms with E-state index in [-0.39, 0.29) is 11.5 Å². The van der Waals surface area contributed by atoms with Crippen molar-refractivity contribution in [2.24, 2.45) is 0 Å². The van der Waals surface area contributed by atoms with Gasteiger partial charge in [0.2, 0.25) is 0 Å². The molecule has 0 spiro atoms. The maximum absolute atomic E-state index is 12.0. The Bertz CT molecular complexity index is 594. The van der Waals surface area contributed by atoms with E-state index in [1.54, 1.807) is 23.6 Å². The number of aliphatic hydroxyl groups is 1. The van der Waals surface area contributed by atoms with Crippen LogP contribution in [0.1, 0.15) is 5.56 Å². The number of rotatable bonds is 4. The van der Waals surface area contributed by atoms with Crippen LogP contribution in [0.25, 0.3) is 0 Å². The highest BCUT2D eigenvalue weighted by atomic mass is 32.2. The number of anilines is 1. The van der Waals surface area contributed by atoms with E-state index < -0.39 is 10.0 Å². The van der Waals surface area contributed by atoms with Gasteiger partial charge in [0, 0.05) is 11.6 Å². The summed E-state index contributed by atoms with van der Waals surface area (Å²) in [7, 11) is -3.69. The van der Waals surface area contributed by atoms with Crippen LogP contribution in [-0.4, -0.2) is 18.5 Å². The van der Waals surface area contributed by atoms with Crippen molar-refractivity contribution in [3.05, 3.63) is 41.4 Å². The van der Waals surface area contributed by atoms with Gasteiger partial charge < -0.3 is 5.11 Å². The second-order valence-corrected chi connectivity index (χ2v) is 5.75. The van der Waals surface area contributed by atoms with Gasteiger partial charge in [-0.15, -0.1) is 11.3 Å². The monoisotopic (exact) mass is 270 g/mol. The zero-order valence-electron chi connectivity index (χ0n) is 8.70. The van der Waals surface area contributed by atoms with E-state index in [0.717, 1.165) is 0 Å². The van der Waals surface area contributed by atoms with Gasteiger partial charge in [0.1, 0.15) is 0 Å². The number of nitrogens with zero attached hydrogens (tertiary/aromatic N) is 1. The molecule has 90 valence electrons. The lowest BCUT2D eigenvalue weighted by atomic mass is 10.2. The Morgan fingerprint density at radius 1 is 1.35 bits per heavy atom. The molecule has 0 aliphatic carbocycles. The van der Waals surface area contributed by atoms with Gasteiger partial charge in [-0.2, -0.15) is 0 Å². The molecular formula is C10H10N2O3S2. The zero-order chi connectivity index (χ0) is 12.3. The van der Waals surface area contributed by atoms with Crippen molar-refractivity contribution in [3.63, 3.8) is 0 Å². The van der Waals surface area contributed by atoms with Crippen LogP contribution in [0.4, 0.5) is 5.13 Å². The van der Waals surface area contributed by atoms with Crippen LogP contribution in [0.3, 0.4) is 0 Å². The first kappa shape index (κ1) is 12.0. The van der Waals surface area contributed by atoms with E-state index in [1.165, 1.54) is 23.6 Å². The van der Waals surface area contributed by atoms with Crippen LogP contribution in [0.2, 0.25) is 0 Å². The molecule has 1 heterocycles. The van der Waals surface area contributed by atoms with Gasteiger partial charge in [0.05, 0.1) is 11.5 Å². The van der Waals surface area contributed by atoms with E-state index in [0.29, 0.717) is 10.7 Å². The second-order valence-electron chi connectivity index (χ2n) is 3.21. The van der Waals surface area contributed by atoms with Crippen molar-refractivity contribution in [1.82, 2.24) is 4.98 Å². The first-order valence-corrected chi connectivity index (χ1v) is 7.11. The average Bonchev–Trinajstić information content (AvgIpc) is 2.81. The standard InChI is InChI=1S/C10H10N2O3S2/c13-7-8-3-1-2-4-9(8)17(14,15)12-10-11-5-6-16-10/h1-6,13H,7H2,(H,11,12). The first-order valence-electron chi connectivity index (χ1n) is 4.74. The molecule has 0 aliphatic rings. The van der Waals surface area contributed by atoms with Crippen LogP contribution in [0.5, 0.6) is 0 Å². The highest BCUT2D eigenvalue weighted by Gasteiger charge is 2.18. The molecule has 0 unspecified atom stereocenters. The molecule has 0 amide bonds. The van der Waals surface area contributed by atoms with E-state index in [4.69, 9.17) is 5.11 Å². The van der Waals surface area contributed by atoms with Crippen molar-refractivity contribution in [3.8, 4) is 0 Å². The minimum atomic E-state index is -3.69. The average molecular weight is 270 g/mol. The SMILES string of the molecule is O=S(=O)(Nc1nccs1)c1ccccc1CO. The Labute approximate surface area is 103 Å². The molecule has 0 fully saturated rings. The minimum Gasteiger partial charge on any atom is -0.392 e. The van der Waals surface area contributed by atoms with Gasteiger partial charge in [0.25, 0.3) is 10.0 Å². The zero-order valence-corrected chi connectivity index (χ0v) is 10.3. The Morgan fingerprint density at radius 2 is 2.12 bits per heavy atom. The van der Waals surface area contributed by atoms with Gasteiger partial charge >= 0.3 is 0 Å². The number of hydrogen-bond acceptors (Lipinski definition) is 5. The molecule has 0 atom stereocenters. The molecule has 1 aromatic heterocycles.